The van der Waals surface area contributed by atoms with Crippen molar-refractivity contribution in [3.63, 3.8) is 0 Å². The molecule has 1 aliphatic carbocycles. The molecule has 1 aromatic rings. The van der Waals surface area contributed by atoms with Crippen molar-refractivity contribution in [3.05, 3.63) is 33.9 Å². The molecule has 0 heterocycles. The van der Waals surface area contributed by atoms with Crippen molar-refractivity contribution < 1.29 is 31.3 Å². The van der Waals surface area contributed by atoms with E-state index in [0.717, 1.165) is 6.07 Å². The predicted octanol–water partition coefficient (Wildman–Crippen LogP) is 4.12. The van der Waals surface area contributed by atoms with Gasteiger partial charge in [-0.05, 0) is 25.0 Å². The summed E-state index contributed by atoms with van der Waals surface area (Å²) in [4.78, 5) is 9.31. The number of hydrogen-bond acceptors (Lipinski definition) is 3. The van der Waals surface area contributed by atoms with Crippen LogP contribution in [0, 0.1) is 10.1 Å². The monoisotopic (exact) mass is 314 g/mol. The van der Waals surface area contributed by atoms with E-state index in [0.29, 0.717) is 12.1 Å². The quantitative estimate of drug-likeness (QED) is 0.519. The standard InChI is InChI=1S/C11H8F6N2O2/c12-10(13,14)7-5-6(1-2-8(7)19(20)21)18-9(3-4-9)11(15,16)17/h1-2,5,18H,3-4H2. The van der Waals surface area contributed by atoms with Gasteiger partial charge >= 0.3 is 12.4 Å². The van der Waals surface area contributed by atoms with Gasteiger partial charge in [0.15, 0.2) is 0 Å². The Morgan fingerprint density at radius 3 is 2.10 bits per heavy atom. The van der Waals surface area contributed by atoms with Gasteiger partial charge in [0, 0.05) is 11.8 Å². The molecule has 0 aromatic heterocycles. The zero-order valence-corrected chi connectivity index (χ0v) is 10.2. The number of nitrogens with one attached hydrogen (secondary N) is 1. The molecule has 2 rings (SSSR count). The first-order valence-electron chi connectivity index (χ1n) is 5.67. The molecule has 10 heteroatoms. The highest BCUT2D eigenvalue weighted by Crippen LogP contribution is 2.51. The van der Waals surface area contributed by atoms with Gasteiger partial charge in [0.1, 0.15) is 11.1 Å². The Labute approximate surface area is 113 Å². The second-order valence-electron chi connectivity index (χ2n) is 4.69. The fourth-order valence-electron chi connectivity index (χ4n) is 1.88. The minimum absolute atomic E-state index is 0.255. The van der Waals surface area contributed by atoms with Gasteiger partial charge in [0.25, 0.3) is 5.69 Å². The molecule has 1 N–H and O–H groups in total. The summed E-state index contributed by atoms with van der Waals surface area (Å²) in [6, 6.07) is 1.70. The van der Waals surface area contributed by atoms with Crippen LogP contribution in [0.15, 0.2) is 18.2 Å². The fourth-order valence-corrected chi connectivity index (χ4v) is 1.88. The van der Waals surface area contributed by atoms with Crippen LogP contribution in [0.4, 0.5) is 37.7 Å². The number of rotatable bonds is 3. The van der Waals surface area contributed by atoms with Crippen molar-refractivity contribution in [2.45, 2.75) is 30.7 Å². The molecule has 21 heavy (non-hydrogen) atoms. The third kappa shape index (κ3) is 2.88. The zero-order valence-electron chi connectivity index (χ0n) is 10.2. The van der Waals surface area contributed by atoms with E-state index in [9.17, 15) is 36.5 Å². The minimum Gasteiger partial charge on any atom is -0.371 e. The van der Waals surface area contributed by atoms with Crippen LogP contribution in [-0.4, -0.2) is 16.6 Å². The third-order valence-electron chi connectivity index (χ3n) is 3.17. The molecule has 1 aliphatic rings. The molecule has 1 aromatic carbocycles. The molecular formula is C11H8F6N2O2. The van der Waals surface area contributed by atoms with Gasteiger partial charge in [0.2, 0.25) is 0 Å². The second-order valence-corrected chi connectivity index (χ2v) is 4.69. The number of nitro groups is 1. The van der Waals surface area contributed by atoms with Gasteiger partial charge in [-0.3, -0.25) is 10.1 Å². The van der Waals surface area contributed by atoms with Crippen LogP contribution >= 0.6 is 0 Å². The van der Waals surface area contributed by atoms with E-state index in [2.05, 4.69) is 0 Å². The highest BCUT2D eigenvalue weighted by molar-refractivity contribution is 5.57. The van der Waals surface area contributed by atoms with Crippen LogP contribution in [0.5, 0.6) is 0 Å². The molecule has 116 valence electrons. The van der Waals surface area contributed by atoms with Gasteiger partial charge in [-0.25, -0.2) is 0 Å². The SMILES string of the molecule is O=[N+]([O-])c1ccc(NC2(C(F)(F)F)CC2)cc1C(F)(F)F. The molecule has 0 bridgehead atoms. The van der Waals surface area contributed by atoms with Crippen LogP contribution in [0.1, 0.15) is 18.4 Å². The average Bonchev–Trinajstić information content (AvgIpc) is 3.07. The van der Waals surface area contributed by atoms with Gasteiger partial charge in [0.05, 0.1) is 4.92 Å². The molecule has 0 atom stereocenters. The Kier molecular flexibility index (Phi) is 3.30. The van der Waals surface area contributed by atoms with Gasteiger partial charge in [-0.15, -0.1) is 0 Å². The maximum absolute atomic E-state index is 12.7. The van der Waals surface area contributed by atoms with Crippen molar-refractivity contribution in [3.8, 4) is 0 Å². The fraction of sp³-hybridized carbons (Fsp3) is 0.455. The average molecular weight is 314 g/mol. The Morgan fingerprint density at radius 2 is 1.71 bits per heavy atom. The lowest BCUT2D eigenvalue weighted by molar-refractivity contribution is -0.388. The molecule has 0 spiro atoms. The molecule has 0 radical (unpaired) electrons. The molecule has 0 saturated heterocycles. The molecular weight excluding hydrogens is 306 g/mol. The van der Waals surface area contributed by atoms with Crippen LogP contribution < -0.4 is 5.32 Å². The summed E-state index contributed by atoms with van der Waals surface area (Å²) in [6.07, 6.45) is -10.1. The third-order valence-corrected chi connectivity index (χ3v) is 3.17. The smallest absolute Gasteiger partial charge is 0.371 e. The first-order valence-corrected chi connectivity index (χ1v) is 5.67. The van der Waals surface area contributed by atoms with Gasteiger partial charge < -0.3 is 5.32 Å². The van der Waals surface area contributed by atoms with E-state index in [1.807, 2.05) is 5.32 Å². The Balaban J connectivity index is 2.38. The van der Waals surface area contributed by atoms with E-state index in [1.165, 1.54) is 0 Å². The lowest BCUT2D eigenvalue weighted by atomic mass is 10.1. The largest absolute Gasteiger partial charge is 0.423 e. The lowest BCUT2D eigenvalue weighted by Crippen LogP contribution is -2.38. The van der Waals surface area contributed by atoms with E-state index < -0.39 is 39.8 Å². The number of nitrogens with zero attached hydrogens (tertiary/aromatic N) is 1. The number of halogens is 6. The van der Waals surface area contributed by atoms with Crippen LogP contribution in [0.2, 0.25) is 0 Å². The van der Waals surface area contributed by atoms with E-state index in [1.54, 1.807) is 0 Å². The summed E-state index contributed by atoms with van der Waals surface area (Å²) < 4.78 is 76.3. The van der Waals surface area contributed by atoms with E-state index in [-0.39, 0.29) is 12.8 Å². The number of nitro benzene ring substituents is 1. The van der Waals surface area contributed by atoms with Crippen LogP contribution in [0.25, 0.3) is 0 Å². The van der Waals surface area contributed by atoms with Crippen molar-refractivity contribution >= 4 is 11.4 Å². The van der Waals surface area contributed by atoms with Gasteiger partial charge in [-0.2, -0.15) is 26.3 Å². The molecule has 4 nitrogen and oxygen atoms in total. The zero-order chi connectivity index (χ0) is 16.1. The number of alkyl halides is 6. The summed E-state index contributed by atoms with van der Waals surface area (Å²) in [5.41, 5.74) is -5.49. The predicted molar refractivity (Wildman–Crippen MR) is 59.7 cm³/mol. The Hall–Kier alpha value is -2.00. The Morgan fingerprint density at radius 1 is 1.14 bits per heavy atom. The summed E-state index contributed by atoms with van der Waals surface area (Å²) in [7, 11) is 0. The van der Waals surface area contributed by atoms with E-state index in [4.69, 9.17) is 0 Å². The number of anilines is 1. The topological polar surface area (TPSA) is 55.2 Å². The summed E-state index contributed by atoms with van der Waals surface area (Å²) in [5, 5.41) is 12.5. The van der Waals surface area contributed by atoms with Crippen molar-refractivity contribution in [2.24, 2.45) is 0 Å². The second kappa shape index (κ2) is 4.50. The molecule has 0 aliphatic heterocycles. The lowest BCUT2D eigenvalue weighted by Gasteiger charge is -2.22. The highest BCUT2D eigenvalue weighted by Gasteiger charge is 2.63. The summed E-state index contributed by atoms with van der Waals surface area (Å²) in [5.74, 6) is 0. The Bertz CT molecular complexity index is 577. The van der Waals surface area contributed by atoms with Crippen molar-refractivity contribution in [1.82, 2.24) is 0 Å². The highest BCUT2D eigenvalue weighted by atomic mass is 19.4. The van der Waals surface area contributed by atoms with Crippen LogP contribution in [0.3, 0.4) is 0 Å². The molecule has 1 fully saturated rings. The molecule has 0 unspecified atom stereocenters. The van der Waals surface area contributed by atoms with Crippen molar-refractivity contribution in [2.75, 3.05) is 5.32 Å². The normalized spacial score (nSPS) is 17.4. The molecule has 0 amide bonds. The number of benzene rings is 1. The first-order chi connectivity index (χ1) is 9.46. The van der Waals surface area contributed by atoms with Gasteiger partial charge in [-0.1, -0.05) is 0 Å². The van der Waals surface area contributed by atoms with Crippen molar-refractivity contribution in [1.29, 1.82) is 0 Å². The maximum atomic E-state index is 12.7. The summed E-state index contributed by atoms with van der Waals surface area (Å²) in [6.45, 7) is 0. The van der Waals surface area contributed by atoms with Crippen LogP contribution in [-0.2, 0) is 6.18 Å². The number of hydrogen-bond donors (Lipinski definition) is 1. The molecule has 1 saturated carbocycles. The minimum atomic E-state index is -5.03. The maximum Gasteiger partial charge on any atom is 0.423 e. The van der Waals surface area contributed by atoms with E-state index >= 15 is 0 Å². The first kappa shape index (κ1) is 15.4. The summed E-state index contributed by atoms with van der Waals surface area (Å²) >= 11 is 0.